The van der Waals surface area contributed by atoms with E-state index in [0.29, 0.717) is 11.2 Å². The van der Waals surface area contributed by atoms with Gasteiger partial charge in [-0.25, -0.2) is 4.68 Å². The number of benzene rings is 1. The predicted molar refractivity (Wildman–Crippen MR) is 106 cm³/mol. The van der Waals surface area contributed by atoms with E-state index in [1.807, 2.05) is 30.1 Å². The minimum Gasteiger partial charge on any atom is -0.352 e. The maximum Gasteiger partial charge on any atom is 0.193 e. The van der Waals surface area contributed by atoms with Crippen molar-refractivity contribution in [3.05, 3.63) is 48.3 Å². The van der Waals surface area contributed by atoms with Crippen LogP contribution in [0.1, 0.15) is 19.4 Å². The molecule has 5 nitrogen and oxygen atoms in total. The van der Waals surface area contributed by atoms with Gasteiger partial charge in [-0.05, 0) is 23.6 Å². The van der Waals surface area contributed by atoms with Crippen molar-refractivity contribution in [3.63, 3.8) is 0 Å². The second-order valence-corrected chi connectivity index (χ2v) is 7.93. The average molecular weight is 358 g/mol. The van der Waals surface area contributed by atoms with Gasteiger partial charge in [0.15, 0.2) is 5.96 Å². The molecule has 1 aliphatic rings. The van der Waals surface area contributed by atoms with Crippen LogP contribution in [0.15, 0.2) is 47.7 Å². The van der Waals surface area contributed by atoms with E-state index in [1.54, 1.807) is 6.20 Å². The first kappa shape index (κ1) is 17.9. The molecule has 0 saturated carbocycles. The van der Waals surface area contributed by atoms with Gasteiger partial charge < -0.3 is 10.2 Å². The van der Waals surface area contributed by atoms with Crippen LogP contribution in [0.5, 0.6) is 0 Å². The fourth-order valence-electron chi connectivity index (χ4n) is 3.07. The minimum atomic E-state index is 0.670. The topological polar surface area (TPSA) is 45.5 Å². The molecular formula is C19H27N5S. The van der Waals surface area contributed by atoms with Gasteiger partial charge in [-0.3, -0.25) is 4.99 Å². The van der Waals surface area contributed by atoms with Crippen molar-refractivity contribution in [2.45, 2.75) is 25.6 Å². The summed E-state index contributed by atoms with van der Waals surface area (Å²) in [6.45, 7) is 7.45. The molecule has 1 N–H and O–H groups in total. The summed E-state index contributed by atoms with van der Waals surface area (Å²) in [5.74, 6) is 2.83. The number of hydrogen-bond donors (Lipinski definition) is 1. The molecule has 2 heterocycles. The summed E-state index contributed by atoms with van der Waals surface area (Å²) in [7, 11) is 1.87. The van der Waals surface area contributed by atoms with Crippen LogP contribution in [-0.4, -0.2) is 51.8 Å². The van der Waals surface area contributed by atoms with Crippen LogP contribution in [0.4, 0.5) is 0 Å². The number of guanidine groups is 1. The number of aromatic nitrogens is 2. The summed E-state index contributed by atoms with van der Waals surface area (Å²) in [6.07, 6.45) is 3.78. The highest BCUT2D eigenvalue weighted by atomic mass is 32.2. The number of hydrogen-bond acceptors (Lipinski definition) is 3. The van der Waals surface area contributed by atoms with E-state index in [9.17, 15) is 0 Å². The third kappa shape index (κ3) is 4.37. The van der Waals surface area contributed by atoms with Gasteiger partial charge in [0.1, 0.15) is 0 Å². The van der Waals surface area contributed by atoms with Crippen LogP contribution in [0.2, 0.25) is 0 Å². The molecule has 134 valence electrons. The van der Waals surface area contributed by atoms with E-state index in [4.69, 9.17) is 0 Å². The molecule has 2 aromatic rings. The molecule has 1 saturated heterocycles. The molecule has 1 unspecified atom stereocenters. The predicted octanol–water partition coefficient (Wildman–Crippen LogP) is 3.02. The molecule has 0 radical (unpaired) electrons. The van der Waals surface area contributed by atoms with Crippen molar-refractivity contribution < 1.29 is 0 Å². The van der Waals surface area contributed by atoms with Crippen molar-refractivity contribution in [2.75, 3.05) is 25.9 Å². The van der Waals surface area contributed by atoms with Gasteiger partial charge in [-0.2, -0.15) is 16.9 Å². The third-order valence-corrected chi connectivity index (χ3v) is 6.07. The Kier molecular flexibility index (Phi) is 6.02. The molecule has 0 aliphatic carbocycles. The zero-order chi connectivity index (χ0) is 17.6. The molecule has 1 aliphatic heterocycles. The lowest BCUT2D eigenvalue weighted by Crippen LogP contribution is -2.48. The molecule has 6 heteroatoms. The quantitative estimate of drug-likeness (QED) is 0.675. The summed E-state index contributed by atoms with van der Waals surface area (Å²) < 4.78 is 1.91. The number of rotatable bonds is 4. The van der Waals surface area contributed by atoms with Crippen LogP contribution < -0.4 is 5.32 Å². The fourth-order valence-corrected chi connectivity index (χ4v) is 4.37. The van der Waals surface area contributed by atoms with Gasteiger partial charge in [0.25, 0.3) is 0 Å². The largest absolute Gasteiger partial charge is 0.352 e. The van der Waals surface area contributed by atoms with Crippen LogP contribution in [0.25, 0.3) is 5.69 Å². The Labute approximate surface area is 154 Å². The third-order valence-electron chi connectivity index (χ3n) is 4.53. The standard InChI is InChI=1S/C19H27N5S/c1-15(2)18-14-23(11-12-25-18)19(20-3)21-13-16-7-4-5-8-17(16)24-10-6-9-22-24/h4-10,15,18H,11-14H2,1-3H3,(H,20,21). The molecule has 0 bridgehead atoms. The van der Waals surface area contributed by atoms with Crippen molar-refractivity contribution in [1.82, 2.24) is 20.0 Å². The Morgan fingerprint density at radius 2 is 2.20 bits per heavy atom. The molecule has 1 fully saturated rings. The Balaban J connectivity index is 1.68. The van der Waals surface area contributed by atoms with E-state index in [0.717, 1.165) is 37.0 Å². The maximum atomic E-state index is 4.51. The van der Waals surface area contributed by atoms with Crippen LogP contribution in [0.3, 0.4) is 0 Å². The minimum absolute atomic E-state index is 0.670. The molecular weight excluding hydrogens is 330 g/mol. The Hall–Kier alpha value is -1.95. The van der Waals surface area contributed by atoms with Crippen molar-refractivity contribution in [1.29, 1.82) is 0 Å². The van der Waals surface area contributed by atoms with Gasteiger partial charge >= 0.3 is 0 Å². The van der Waals surface area contributed by atoms with Crippen LogP contribution >= 0.6 is 11.8 Å². The summed E-state index contributed by atoms with van der Waals surface area (Å²) in [6, 6.07) is 10.3. The van der Waals surface area contributed by atoms with Crippen molar-refractivity contribution in [2.24, 2.45) is 10.9 Å². The van der Waals surface area contributed by atoms with E-state index in [-0.39, 0.29) is 0 Å². The normalized spacial score (nSPS) is 18.6. The lowest BCUT2D eigenvalue weighted by atomic mass is 10.1. The lowest BCUT2D eigenvalue weighted by Gasteiger charge is -2.36. The zero-order valence-electron chi connectivity index (χ0n) is 15.2. The highest BCUT2D eigenvalue weighted by molar-refractivity contribution is 8.00. The van der Waals surface area contributed by atoms with Gasteiger partial charge in [-0.15, -0.1) is 0 Å². The highest BCUT2D eigenvalue weighted by Crippen LogP contribution is 2.25. The summed E-state index contributed by atoms with van der Waals surface area (Å²) in [5, 5.41) is 8.57. The van der Waals surface area contributed by atoms with E-state index >= 15 is 0 Å². The highest BCUT2D eigenvalue weighted by Gasteiger charge is 2.24. The van der Waals surface area contributed by atoms with E-state index < -0.39 is 0 Å². The molecule has 1 atom stereocenters. The number of nitrogens with one attached hydrogen (secondary N) is 1. The van der Waals surface area contributed by atoms with Crippen LogP contribution in [-0.2, 0) is 6.54 Å². The number of aliphatic imine (C=N–C) groups is 1. The zero-order valence-corrected chi connectivity index (χ0v) is 16.0. The first-order valence-corrected chi connectivity index (χ1v) is 9.89. The smallest absolute Gasteiger partial charge is 0.193 e. The molecule has 0 amide bonds. The van der Waals surface area contributed by atoms with Gasteiger partial charge in [0.05, 0.1) is 5.69 Å². The van der Waals surface area contributed by atoms with Crippen LogP contribution in [0, 0.1) is 5.92 Å². The summed E-state index contributed by atoms with van der Waals surface area (Å²) in [5.41, 5.74) is 2.31. The first-order chi connectivity index (χ1) is 12.2. The summed E-state index contributed by atoms with van der Waals surface area (Å²) in [4.78, 5) is 6.90. The fraction of sp³-hybridized carbons (Fsp3) is 0.474. The molecule has 25 heavy (non-hydrogen) atoms. The van der Waals surface area contributed by atoms with Gasteiger partial charge in [-0.1, -0.05) is 32.0 Å². The average Bonchev–Trinajstić information content (AvgIpc) is 3.17. The Bertz CT molecular complexity index is 696. The molecule has 1 aromatic heterocycles. The molecule has 1 aromatic carbocycles. The first-order valence-electron chi connectivity index (χ1n) is 8.84. The SMILES string of the molecule is CN=C(NCc1ccccc1-n1cccn1)N1CCSC(C(C)C)C1. The lowest BCUT2D eigenvalue weighted by molar-refractivity contribution is 0.380. The number of thioether (sulfide) groups is 1. The van der Waals surface area contributed by atoms with E-state index in [1.165, 1.54) is 5.56 Å². The second-order valence-electron chi connectivity index (χ2n) is 6.58. The van der Waals surface area contributed by atoms with Crippen molar-refractivity contribution >= 4 is 17.7 Å². The summed E-state index contributed by atoms with van der Waals surface area (Å²) >= 11 is 2.08. The Morgan fingerprint density at radius 3 is 2.92 bits per heavy atom. The number of para-hydroxylation sites is 1. The monoisotopic (exact) mass is 357 g/mol. The molecule has 3 rings (SSSR count). The van der Waals surface area contributed by atoms with E-state index in [2.05, 4.69) is 64.1 Å². The number of nitrogens with zero attached hydrogens (tertiary/aromatic N) is 4. The van der Waals surface area contributed by atoms with Gasteiger partial charge in [0.2, 0.25) is 0 Å². The van der Waals surface area contributed by atoms with Crippen molar-refractivity contribution in [3.8, 4) is 5.69 Å². The van der Waals surface area contributed by atoms with Gasteiger partial charge in [0, 0.05) is 50.1 Å². The molecule has 0 spiro atoms. The maximum absolute atomic E-state index is 4.51. The Morgan fingerprint density at radius 1 is 1.36 bits per heavy atom. The second kappa shape index (κ2) is 8.43.